The number of Topliss-reactive ketones (excluding diaryl/α,β-unsaturated/α-hetero) is 1. The monoisotopic (exact) mass is 526 g/mol. The SMILES string of the molecule is C/C=C\c1c(F)cc(-c2csc(NC(=O)C(COC)NC(=O)c3ccn(C(C)(C)C)c3)n2)cc1C(C)=O. The van der Waals surface area contributed by atoms with Crippen molar-refractivity contribution in [1.29, 1.82) is 0 Å². The van der Waals surface area contributed by atoms with Crippen LogP contribution in [0.25, 0.3) is 17.3 Å². The minimum absolute atomic E-state index is 0.0463. The van der Waals surface area contributed by atoms with Gasteiger partial charge in [-0.25, -0.2) is 9.37 Å². The van der Waals surface area contributed by atoms with Crippen molar-refractivity contribution in [3.8, 4) is 11.3 Å². The Labute approximate surface area is 219 Å². The molecule has 0 spiro atoms. The van der Waals surface area contributed by atoms with Gasteiger partial charge in [-0.1, -0.05) is 12.2 Å². The van der Waals surface area contributed by atoms with Gasteiger partial charge in [-0.2, -0.15) is 0 Å². The summed E-state index contributed by atoms with van der Waals surface area (Å²) in [7, 11) is 1.43. The van der Waals surface area contributed by atoms with Crippen LogP contribution in [0.1, 0.15) is 60.9 Å². The van der Waals surface area contributed by atoms with E-state index in [0.29, 0.717) is 16.8 Å². The molecule has 0 saturated carbocycles. The molecule has 0 aliphatic rings. The lowest BCUT2D eigenvalue weighted by molar-refractivity contribution is -0.119. The van der Waals surface area contributed by atoms with Gasteiger partial charge >= 0.3 is 0 Å². The first-order valence-corrected chi connectivity index (χ1v) is 12.5. The molecule has 0 radical (unpaired) electrons. The lowest BCUT2D eigenvalue weighted by Gasteiger charge is -2.21. The van der Waals surface area contributed by atoms with Gasteiger partial charge in [0, 0.05) is 47.1 Å². The Kier molecular flexibility index (Phi) is 8.77. The van der Waals surface area contributed by atoms with E-state index < -0.39 is 23.7 Å². The number of anilines is 1. The maximum absolute atomic E-state index is 14.7. The van der Waals surface area contributed by atoms with E-state index in [2.05, 4.69) is 15.6 Å². The Balaban J connectivity index is 1.77. The number of methoxy groups -OCH3 is 1. The number of carbonyl (C=O) groups excluding carboxylic acids is 3. The van der Waals surface area contributed by atoms with Crippen molar-refractivity contribution in [2.75, 3.05) is 19.0 Å². The number of carbonyl (C=O) groups is 3. The van der Waals surface area contributed by atoms with Gasteiger partial charge in [0.25, 0.3) is 11.8 Å². The van der Waals surface area contributed by atoms with Gasteiger partial charge in [0.15, 0.2) is 10.9 Å². The molecule has 0 bridgehead atoms. The summed E-state index contributed by atoms with van der Waals surface area (Å²) < 4.78 is 21.8. The van der Waals surface area contributed by atoms with Crippen LogP contribution in [0.4, 0.5) is 9.52 Å². The molecule has 196 valence electrons. The Morgan fingerprint density at radius 2 is 2.00 bits per heavy atom. The van der Waals surface area contributed by atoms with Crippen LogP contribution in [-0.2, 0) is 15.1 Å². The number of aromatic nitrogens is 2. The third kappa shape index (κ3) is 6.78. The van der Waals surface area contributed by atoms with Gasteiger partial charge in [-0.3, -0.25) is 14.4 Å². The molecular formula is C27H31FN4O4S. The molecule has 10 heteroatoms. The minimum atomic E-state index is -0.968. The van der Waals surface area contributed by atoms with E-state index in [-0.39, 0.29) is 34.2 Å². The Hall–Kier alpha value is -3.63. The quantitative estimate of drug-likeness (QED) is 0.377. The first-order valence-electron chi connectivity index (χ1n) is 11.7. The van der Waals surface area contributed by atoms with Gasteiger partial charge in [0.1, 0.15) is 11.9 Å². The van der Waals surface area contributed by atoms with Gasteiger partial charge in [0.05, 0.1) is 17.9 Å². The molecule has 0 fully saturated rings. The largest absolute Gasteiger partial charge is 0.382 e. The Morgan fingerprint density at radius 1 is 1.27 bits per heavy atom. The lowest BCUT2D eigenvalue weighted by atomic mass is 9.99. The fraction of sp³-hybridized carbons (Fsp3) is 0.333. The van der Waals surface area contributed by atoms with Crippen LogP contribution in [0, 0.1) is 5.82 Å². The van der Waals surface area contributed by atoms with Crippen LogP contribution >= 0.6 is 11.3 Å². The lowest BCUT2D eigenvalue weighted by Crippen LogP contribution is -2.46. The minimum Gasteiger partial charge on any atom is -0.382 e. The van der Waals surface area contributed by atoms with Crippen LogP contribution in [0.15, 0.2) is 42.0 Å². The summed E-state index contributed by atoms with van der Waals surface area (Å²) in [5.74, 6) is -1.73. The number of halogens is 1. The molecule has 1 atom stereocenters. The number of nitrogens with zero attached hydrogens (tertiary/aromatic N) is 2. The zero-order valence-electron chi connectivity index (χ0n) is 21.7. The maximum Gasteiger partial charge on any atom is 0.253 e. The average Bonchev–Trinajstić information content (AvgIpc) is 3.50. The topological polar surface area (TPSA) is 102 Å². The van der Waals surface area contributed by atoms with Crippen LogP contribution in [0.3, 0.4) is 0 Å². The van der Waals surface area contributed by atoms with E-state index in [0.717, 1.165) is 11.3 Å². The molecule has 2 amide bonds. The molecule has 3 aromatic rings. The number of ether oxygens (including phenoxy) is 1. The molecule has 0 aliphatic carbocycles. The van der Waals surface area contributed by atoms with Crippen molar-refractivity contribution in [3.05, 3.63) is 64.6 Å². The first-order chi connectivity index (χ1) is 17.4. The number of hydrogen-bond donors (Lipinski definition) is 2. The van der Waals surface area contributed by atoms with E-state index in [1.807, 2.05) is 31.5 Å². The molecule has 0 aliphatic heterocycles. The fourth-order valence-electron chi connectivity index (χ4n) is 3.59. The molecule has 2 heterocycles. The zero-order chi connectivity index (χ0) is 27.3. The third-order valence-corrected chi connectivity index (χ3v) is 6.31. The molecule has 8 nitrogen and oxygen atoms in total. The summed E-state index contributed by atoms with van der Waals surface area (Å²) in [6.45, 7) is 9.13. The number of thiazole rings is 1. The standard InChI is InChI=1S/C27H31FN4O4S/c1-7-8-19-20(16(2)33)11-18(12-21(19)28)23-15-37-26(30-23)31-25(35)22(14-36-6)29-24(34)17-9-10-32(13-17)27(3,4)5/h7-13,15,22H,14H2,1-6H3,(H,29,34)(H,30,31,35)/b8-7-. The molecular weight excluding hydrogens is 495 g/mol. The smallest absolute Gasteiger partial charge is 0.253 e. The zero-order valence-corrected chi connectivity index (χ0v) is 22.5. The summed E-state index contributed by atoms with van der Waals surface area (Å²) in [6.07, 6.45) is 6.74. The molecule has 0 saturated heterocycles. The van der Waals surface area contributed by atoms with Crippen LogP contribution in [0.2, 0.25) is 0 Å². The second-order valence-corrected chi connectivity index (χ2v) is 10.3. The summed E-state index contributed by atoms with van der Waals surface area (Å²) in [5.41, 5.74) is 1.52. The highest BCUT2D eigenvalue weighted by molar-refractivity contribution is 7.14. The number of ketones is 1. The van der Waals surface area contributed by atoms with Gasteiger partial charge in [-0.05, 0) is 52.8 Å². The normalized spacial score (nSPS) is 12.5. The van der Waals surface area contributed by atoms with E-state index in [9.17, 15) is 18.8 Å². The van der Waals surface area contributed by atoms with Crippen molar-refractivity contribution in [2.45, 2.75) is 46.2 Å². The molecule has 1 unspecified atom stereocenters. The van der Waals surface area contributed by atoms with Crippen molar-refractivity contribution in [2.24, 2.45) is 0 Å². The number of allylic oxidation sites excluding steroid dienone is 1. The van der Waals surface area contributed by atoms with Crippen molar-refractivity contribution in [3.63, 3.8) is 0 Å². The molecule has 2 N–H and O–H groups in total. The summed E-state index contributed by atoms with van der Waals surface area (Å²) in [5, 5.41) is 7.30. The van der Waals surface area contributed by atoms with Gasteiger partial charge in [0.2, 0.25) is 0 Å². The molecule has 3 rings (SSSR count). The number of amides is 2. The van der Waals surface area contributed by atoms with E-state index in [4.69, 9.17) is 4.74 Å². The number of hydrogen-bond acceptors (Lipinski definition) is 6. The van der Waals surface area contributed by atoms with Crippen LogP contribution < -0.4 is 10.6 Å². The Morgan fingerprint density at radius 3 is 2.59 bits per heavy atom. The van der Waals surface area contributed by atoms with Crippen molar-refractivity contribution >= 4 is 40.1 Å². The van der Waals surface area contributed by atoms with Crippen molar-refractivity contribution < 1.29 is 23.5 Å². The Bertz CT molecular complexity index is 1340. The summed E-state index contributed by atoms with van der Waals surface area (Å²) in [6, 6.07) is 3.61. The number of benzene rings is 1. The summed E-state index contributed by atoms with van der Waals surface area (Å²) >= 11 is 1.14. The second kappa shape index (κ2) is 11.6. The highest BCUT2D eigenvalue weighted by Gasteiger charge is 2.24. The molecule has 2 aromatic heterocycles. The maximum atomic E-state index is 14.7. The first kappa shape index (κ1) is 27.9. The predicted molar refractivity (Wildman–Crippen MR) is 143 cm³/mol. The van der Waals surface area contributed by atoms with Crippen LogP contribution in [0.5, 0.6) is 0 Å². The number of nitrogens with one attached hydrogen (secondary N) is 2. The van der Waals surface area contributed by atoms with Crippen LogP contribution in [-0.4, -0.2) is 46.9 Å². The fourth-order valence-corrected chi connectivity index (χ4v) is 4.31. The van der Waals surface area contributed by atoms with E-state index in [1.54, 1.807) is 42.8 Å². The molecule has 37 heavy (non-hydrogen) atoms. The molecule has 1 aromatic carbocycles. The highest BCUT2D eigenvalue weighted by atomic mass is 32.1. The highest BCUT2D eigenvalue weighted by Crippen LogP contribution is 2.29. The number of rotatable bonds is 9. The van der Waals surface area contributed by atoms with Gasteiger partial charge < -0.3 is 19.9 Å². The average molecular weight is 527 g/mol. The third-order valence-electron chi connectivity index (χ3n) is 5.56. The van der Waals surface area contributed by atoms with Gasteiger partial charge in [-0.15, -0.1) is 11.3 Å². The second-order valence-electron chi connectivity index (χ2n) is 9.46. The van der Waals surface area contributed by atoms with E-state index in [1.165, 1.54) is 20.1 Å². The predicted octanol–water partition coefficient (Wildman–Crippen LogP) is 5.12. The summed E-state index contributed by atoms with van der Waals surface area (Å²) in [4.78, 5) is 42.2. The van der Waals surface area contributed by atoms with Crippen molar-refractivity contribution in [1.82, 2.24) is 14.9 Å². The van der Waals surface area contributed by atoms with E-state index >= 15 is 0 Å².